The van der Waals surface area contributed by atoms with E-state index < -0.39 is 16.4 Å². The molecule has 0 aliphatic carbocycles. The van der Waals surface area contributed by atoms with Crippen molar-refractivity contribution in [3.05, 3.63) is 52.0 Å². The number of carbonyl (C=O) groups is 1. The third kappa shape index (κ3) is 3.26. The Bertz CT molecular complexity index is 907. The van der Waals surface area contributed by atoms with Crippen LogP contribution in [-0.2, 0) is 11.4 Å². The number of amides is 2. The lowest BCUT2D eigenvalue weighted by atomic mass is 10.1. The van der Waals surface area contributed by atoms with Gasteiger partial charge in [-0.15, -0.1) is 0 Å². The van der Waals surface area contributed by atoms with Gasteiger partial charge in [0, 0.05) is 37.5 Å². The first-order valence-corrected chi connectivity index (χ1v) is 8.17. The van der Waals surface area contributed by atoms with Gasteiger partial charge in [-0.2, -0.15) is 4.39 Å². The number of pyridine rings is 1. The third-order valence-electron chi connectivity index (χ3n) is 4.38. The molecule has 10 heteroatoms. The van der Waals surface area contributed by atoms with E-state index in [-0.39, 0.29) is 18.3 Å². The van der Waals surface area contributed by atoms with E-state index in [1.54, 1.807) is 19.3 Å². The summed E-state index contributed by atoms with van der Waals surface area (Å²) in [6.45, 7) is 2.36. The van der Waals surface area contributed by atoms with Crippen LogP contribution in [0.3, 0.4) is 0 Å². The van der Waals surface area contributed by atoms with E-state index in [9.17, 15) is 19.3 Å². The predicted molar refractivity (Wildman–Crippen MR) is 97.3 cm³/mol. The minimum absolute atomic E-state index is 0.164. The van der Waals surface area contributed by atoms with E-state index in [4.69, 9.17) is 4.84 Å². The van der Waals surface area contributed by atoms with Crippen LogP contribution in [0.4, 0.5) is 32.1 Å². The van der Waals surface area contributed by atoms with Crippen molar-refractivity contribution in [2.24, 2.45) is 0 Å². The van der Waals surface area contributed by atoms with Gasteiger partial charge in [-0.25, -0.2) is 14.8 Å². The first-order chi connectivity index (χ1) is 12.9. The molecule has 0 saturated heterocycles. The highest BCUT2D eigenvalue weighted by Gasteiger charge is 2.32. The molecule has 1 aliphatic heterocycles. The second-order valence-electron chi connectivity index (χ2n) is 5.86. The fraction of sp³-hybridized carbons (Fsp3) is 0.294. The summed E-state index contributed by atoms with van der Waals surface area (Å²) in [7, 11) is 3.20. The van der Waals surface area contributed by atoms with Gasteiger partial charge in [0.15, 0.2) is 5.82 Å². The molecule has 0 saturated carbocycles. The summed E-state index contributed by atoms with van der Waals surface area (Å²) in [6, 6.07) is 4.78. The van der Waals surface area contributed by atoms with Crippen LogP contribution in [0.5, 0.6) is 0 Å². The number of fused-ring (bicyclic) bond motifs is 1. The van der Waals surface area contributed by atoms with E-state index in [2.05, 4.69) is 4.98 Å². The van der Waals surface area contributed by atoms with Crippen LogP contribution in [0.1, 0.15) is 12.5 Å². The van der Waals surface area contributed by atoms with E-state index in [1.807, 2.05) is 6.92 Å². The molecule has 1 aromatic heterocycles. The van der Waals surface area contributed by atoms with Crippen LogP contribution < -0.4 is 14.9 Å². The van der Waals surface area contributed by atoms with E-state index in [1.165, 1.54) is 28.0 Å². The molecule has 0 N–H and O–H groups in total. The normalized spacial score (nSPS) is 13.6. The molecule has 1 aromatic carbocycles. The lowest BCUT2D eigenvalue weighted by Gasteiger charge is -2.36. The van der Waals surface area contributed by atoms with Crippen molar-refractivity contribution in [1.29, 1.82) is 0 Å². The van der Waals surface area contributed by atoms with Gasteiger partial charge in [0.05, 0.1) is 30.0 Å². The molecule has 0 radical (unpaired) electrons. The molecule has 2 heterocycles. The SMILES string of the molecule is CCN1C(=O)N(c2ccc(F)c([N+](=O)[O-])c2)Cc2cnc(N(C)OC)cc21. The summed E-state index contributed by atoms with van der Waals surface area (Å²) in [5.74, 6) is -0.414. The van der Waals surface area contributed by atoms with E-state index in [0.717, 1.165) is 17.7 Å². The Labute approximate surface area is 154 Å². The maximum absolute atomic E-state index is 13.6. The first kappa shape index (κ1) is 18.5. The second kappa shape index (κ2) is 7.16. The summed E-state index contributed by atoms with van der Waals surface area (Å²) < 4.78 is 13.6. The monoisotopic (exact) mass is 375 g/mol. The number of hydroxylamine groups is 1. The number of anilines is 3. The van der Waals surface area contributed by atoms with Crippen molar-refractivity contribution in [2.75, 3.05) is 35.6 Å². The number of benzene rings is 1. The Morgan fingerprint density at radius 3 is 2.78 bits per heavy atom. The Morgan fingerprint density at radius 1 is 1.41 bits per heavy atom. The minimum Gasteiger partial charge on any atom is -0.294 e. The van der Waals surface area contributed by atoms with Crippen LogP contribution in [0, 0.1) is 15.9 Å². The van der Waals surface area contributed by atoms with Gasteiger partial charge in [0.25, 0.3) is 0 Å². The Morgan fingerprint density at radius 2 is 2.15 bits per heavy atom. The van der Waals surface area contributed by atoms with Crippen molar-refractivity contribution in [2.45, 2.75) is 13.5 Å². The number of aromatic nitrogens is 1. The number of halogens is 1. The van der Waals surface area contributed by atoms with Crippen LogP contribution in [0.25, 0.3) is 0 Å². The summed E-state index contributed by atoms with van der Waals surface area (Å²) >= 11 is 0. The summed E-state index contributed by atoms with van der Waals surface area (Å²) in [5.41, 5.74) is 1.01. The molecule has 27 heavy (non-hydrogen) atoms. The highest BCUT2D eigenvalue weighted by atomic mass is 19.1. The Kier molecular flexibility index (Phi) is 4.91. The zero-order valence-corrected chi connectivity index (χ0v) is 15.0. The predicted octanol–water partition coefficient (Wildman–Crippen LogP) is 3.09. The van der Waals surface area contributed by atoms with Gasteiger partial charge in [-0.3, -0.25) is 24.8 Å². The average molecular weight is 375 g/mol. The van der Waals surface area contributed by atoms with E-state index in [0.29, 0.717) is 18.1 Å². The van der Waals surface area contributed by atoms with Gasteiger partial charge in [0.2, 0.25) is 5.82 Å². The fourth-order valence-electron chi connectivity index (χ4n) is 2.90. The molecular weight excluding hydrogens is 357 g/mol. The molecule has 0 spiro atoms. The van der Waals surface area contributed by atoms with Crippen molar-refractivity contribution in [3.8, 4) is 0 Å². The van der Waals surface area contributed by atoms with Gasteiger partial charge in [-0.1, -0.05) is 0 Å². The lowest BCUT2D eigenvalue weighted by molar-refractivity contribution is -0.387. The molecule has 3 rings (SSSR count). The molecule has 0 unspecified atom stereocenters. The highest BCUT2D eigenvalue weighted by Crippen LogP contribution is 2.34. The molecule has 0 fully saturated rings. The third-order valence-corrected chi connectivity index (χ3v) is 4.38. The second-order valence-corrected chi connectivity index (χ2v) is 5.86. The molecule has 142 valence electrons. The quantitative estimate of drug-likeness (QED) is 0.589. The molecule has 2 aromatic rings. The van der Waals surface area contributed by atoms with Gasteiger partial charge < -0.3 is 0 Å². The number of rotatable bonds is 5. The van der Waals surface area contributed by atoms with Crippen LogP contribution >= 0.6 is 0 Å². The molecule has 9 nitrogen and oxygen atoms in total. The molecule has 2 amide bonds. The van der Waals surface area contributed by atoms with Crippen molar-refractivity contribution in [3.63, 3.8) is 0 Å². The molecule has 0 bridgehead atoms. The number of hydrogen-bond donors (Lipinski definition) is 0. The topological polar surface area (TPSA) is 92.0 Å². The minimum atomic E-state index is -0.949. The van der Waals surface area contributed by atoms with Crippen LogP contribution in [0.15, 0.2) is 30.5 Å². The number of nitrogens with zero attached hydrogens (tertiary/aromatic N) is 5. The van der Waals surface area contributed by atoms with Crippen LogP contribution in [-0.4, -0.2) is 36.6 Å². The standard InChI is InChI=1S/C17H18FN5O4/c1-4-21-14-8-16(20(2)27-3)19-9-11(14)10-22(17(21)24)12-5-6-13(18)15(7-12)23(25)26/h5-9H,4,10H2,1-3H3. The van der Waals surface area contributed by atoms with Gasteiger partial charge in [-0.05, 0) is 19.1 Å². The zero-order chi connectivity index (χ0) is 19.7. The maximum atomic E-state index is 13.6. The first-order valence-electron chi connectivity index (χ1n) is 8.17. The zero-order valence-electron chi connectivity index (χ0n) is 15.0. The summed E-state index contributed by atoms with van der Waals surface area (Å²) in [6.07, 6.45) is 1.63. The fourth-order valence-corrected chi connectivity index (χ4v) is 2.90. The van der Waals surface area contributed by atoms with E-state index >= 15 is 0 Å². The number of carbonyl (C=O) groups excluding carboxylic acids is 1. The number of nitro groups is 1. The summed E-state index contributed by atoms with van der Waals surface area (Å²) in [5, 5.41) is 12.5. The van der Waals surface area contributed by atoms with Crippen LogP contribution in [0.2, 0.25) is 0 Å². The lowest BCUT2D eigenvalue weighted by Crippen LogP contribution is -2.47. The van der Waals surface area contributed by atoms with Crippen molar-refractivity contribution in [1.82, 2.24) is 4.98 Å². The number of nitro benzene ring substituents is 1. The number of hydrogen-bond acceptors (Lipinski definition) is 6. The Hall–Kier alpha value is -3.27. The largest absolute Gasteiger partial charge is 0.329 e. The summed E-state index contributed by atoms with van der Waals surface area (Å²) in [4.78, 5) is 35.5. The van der Waals surface area contributed by atoms with Crippen molar-refractivity contribution >= 4 is 28.9 Å². The average Bonchev–Trinajstić information content (AvgIpc) is 2.66. The van der Waals surface area contributed by atoms with Gasteiger partial charge >= 0.3 is 11.7 Å². The highest BCUT2D eigenvalue weighted by molar-refractivity contribution is 6.06. The molecule has 0 atom stereocenters. The smallest absolute Gasteiger partial charge is 0.294 e. The van der Waals surface area contributed by atoms with Gasteiger partial charge in [0.1, 0.15) is 0 Å². The number of urea groups is 1. The van der Waals surface area contributed by atoms with Crippen molar-refractivity contribution < 1.29 is 18.9 Å². The molecule has 1 aliphatic rings. The maximum Gasteiger partial charge on any atom is 0.329 e. The molecular formula is C17H18FN5O4. The Balaban J connectivity index is 2.04.